The summed E-state index contributed by atoms with van der Waals surface area (Å²) in [7, 11) is 0. The average molecular weight is 401 g/mol. The highest BCUT2D eigenvalue weighted by Crippen LogP contribution is 2.23. The molecule has 7 heteroatoms. The predicted octanol–water partition coefficient (Wildman–Crippen LogP) is 3.96. The van der Waals surface area contributed by atoms with E-state index in [0.717, 1.165) is 12.0 Å². The van der Waals surface area contributed by atoms with Gasteiger partial charge in [0.1, 0.15) is 0 Å². The van der Waals surface area contributed by atoms with Crippen molar-refractivity contribution in [3.8, 4) is 0 Å². The Balaban J connectivity index is 1.66. The number of benzene rings is 2. The first-order valence-corrected chi connectivity index (χ1v) is 9.41. The van der Waals surface area contributed by atoms with E-state index in [1.807, 2.05) is 6.92 Å². The van der Waals surface area contributed by atoms with Crippen LogP contribution in [0, 0.1) is 6.92 Å². The maximum atomic E-state index is 12.5. The van der Waals surface area contributed by atoms with Crippen LogP contribution in [0.5, 0.6) is 0 Å². The standard InChI is InChI=1S/C21H21ClN2O4/c1-13-8-9-16(22)12-18(13)23-20(26)14(2)28-21(27)15-5-3-6-17(11-15)24-10-4-7-19(24)25/h3,5-6,8-9,11-12,14H,4,7,10H2,1-2H3,(H,23,26)/t14-/m0/s1. The number of hydrogen-bond acceptors (Lipinski definition) is 4. The van der Waals surface area contributed by atoms with Crippen LogP contribution in [0.25, 0.3) is 0 Å². The van der Waals surface area contributed by atoms with Crippen molar-refractivity contribution in [1.29, 1.82) is 0 Å². The molecule has 0 unspecified atom stereocenters. The zero-order valence-corrected chi connectivity index (χ0v) is 16.5. The van der Waals surface area contributed by atoms with Gasteiger partial charge in [-0.1, -0.05) is 23.7 Å². The van der Waals surface area contributed by atoms with Crippen molar-refractivity contribution >= 4 is 40.8 Å². The minimum atomic E-state index is -0.997. The minimum Gasteiger partial charge on any atom is -0.449 e. The summed E-state index contributed by atoms with van der Waals surface area (Å²) >= 11 is 5.96. The summed E-state index contributed by atoms with van der Waals surface area (Å²) in [5, 5.41) is 3.21. The second kappa shape index (κ2) is 8.44. The number of ether oxygens (including phenoxy) is 1. The Morgan fingerprint density at radius 1 is 1.21 bits per heavy atom. The number of carbonyl (C=O) groups excluding carboxylic acids is 3. The summed E-state index contributed by atoms with van der Waals surface area (Å²) in [5.41, 5.74) is 2.36. The zero-order valence-electron chi connectivity index (χ0n) is 15.7. The highest BCUT2D eigenvalue weighted by molar-refractivity contribution is 6.31. The number of aryl methyl sites for hydroxylation is 1. The van der Waals surface area contributed by atoms with Crippen LogP contribution in [-0.4, -0.2) is 30.4 Å². The Labute approximate surface area is 168 Å². The lowest BCUT2D eigenvalue weighted by Gasteiger charge is -2.17. The van der Waals surface area contributed by atoms with Gasteiger partial charge in [0.05, 0.1) is 5.56 Å². The third kappa shape index (κ3) is 4.51. The molecule has 2 amide bonds. The molecule has 0 spiro atoms. The van der Waals surface area contributed by atoms with E-state index in [4.69, 9.17) is 16.3 Å². The van der Waals surface area contributed by atoms with Crippen molar-refractivity contribution in [2.45, 2.75) is 32.8 Å². The Morgan fingerprint density at radius 2 is 2.00 bits per heavy atom. The van der Waals surface area contributed by atoms with Gasteiger partial charge in [0, 0.05) is 29.4 Å². The van der Waals surface area contributed by atoms with E-state index in [2.05, 4.69) is 5.32 Å². The van der Waals surface area contributed by atoms with Gasteiger partial charge in [-0.3, -0.25) is 9.59 Å². The van der Waals surface area contributed by atoms with Crippen LogP contribution in [0.1, 0.15) is 35.7 Å². The van der Waals surface area contributed by atoms with Gasteiger partial charge in [-0.25, -0.2) is 4.79 Å². The monoisotopic (exact) mass is 400 g/mol. The van der Waals surface area contributed by atoms with E-state index in [1.165, 1.54) is 6.92 Å². The molecule has 3 rings (SSSR count). The Morgan fingerprint density at radius 3 is 2.71 bits per heavy atom. The molecule has 1 aliphatic heterocycles. The lowest BCUT2D eigenvalue weighted by molar-refractivity contribution is -0.123. The highest BCUT2D eigenvalue weighted by atomic mass is 35.5. The molecule has 0 radical (unpaired) electrons. The summed E-state index contributed by atoms with van der Waals surface area (Å²) < 4.78 is 5.30. The molecule has 6 nitrogen and oxygen atoms in total. The number of amides is 2. The molecule has 28 heavy (non-hydrogen) atoms. The fourth-order valence-electron chi connectivity index (χ4n) is 2.97. The molecule has 2 aromatic rings. The minimum absolute atomic E-state index is 0.0372. The maximum Gasteiger partial charge on any atom is 0.338 e. The summed E-state index contributed by atoms with van der Waals surface area (Å²) in [4.78, 5) is 38.4. The number of esters is 1. The lowest BCUT2D eigenvalue weighted by atomic mass is 10.2. The van der Waals surface area contributed by atoms with Gasteiger partial charge in [0.25, 0.3) is 5.91 Å². The number of carbonyl (C=O) groups is 3. The topological polar surface area (TPSA) is 75.7 Å². The largest absolute Gasteiger partial charge is 0.449 e. The number of halogens is 1. The van der Waals surface area contributed by atoms with Crippen molar-refractivity contribution in [3.63, 3.8) is 0 Å². The van der Waals surface area contributed by atoms with Crippen LogP contribution in [0.15, 0.2) is 42.5 Å². The molecule has 2 aromatic carbocycles. The van der Waals surface area contributed by atoms with Gasteiger partial charge in [-0.2, -0.15) is 0 Å². The molecule has 1 atom stereocenters. The molecule has 0 saturated carbocycles. The smallest absolute Gasteiger partial charge is 0.338 e. The number of hydrogen-bond donors (Lipinski definition) is 1. The van der Waals surface area contributed by atoms with Gasteiger partial charge in [0.2, 0.25) is 5.91 Å². The van der Waals surface area contributed by atoms with Crippen LogP contribution in [0.4, 0.5) is 11.4 Å². The first kappa shape index (κ1) is 19.9. The normalized spacial score (nSPS) is 14.7. The quantitative estimate of drug-likeness (QED) is 0.771. The van der Waals surface area contributed by atoms with E-state index in [9.17, 15) is 14.4 Å². The van der Waals surface area contributed by atoms with E-state index in [1.54, 1.807) is 47.4 Å². The Hall–Kier alpha value is -2.86. The Bertz CT molecular complexity index is 928. The third-order valence-corrected chi connectivity index (χ3v) is 4.81. The second-order valence-electron chi connectivity index (χ2n) is 6.70. The molecule has 0 aromatic heterocycles. The summed E-state index contributed by atoms with van der Waals surface area (Å²) in [6.07, 6.45) is 0.311. The molecule has 1 aliphatic rings. The average Bonchev–Trinajstić information content (AvgIpc) is 3.10. The molecule has 1 heterocycles. The molecule has 1 saturated heterocycles. The van der Waals surface area contributed by atoms with Gasteiger partial charge in [-0.15, -0.1) is 0 Å². The molecule has 1 fully saturated rings. The van der Waals surface area contributed by atoms with Crippen molar-refractivity contribution in [3.05, 3.63) is 58.6 Å². The van der Waals surface area contributed by atoms with Gasteiger partial charge >= 0.3 is 5.97 Å². The molecule has 0 aliphatic carbocycles. The van der Waals surface area contributed by atoms with Crippen LogP contribution in [-0.2, 0) is 14.3 Å². The highest BCUT2D eigenvalue weighted by Gasteiger charge is 2.24. The zero-order chi connectivity index (χ0) is 20.3. The summed E-state index contributed by atoms with van der Waals surface area (Å²) in [6.45, 7) is 3.98. The van der Waals surface area contributed by atoms with E-state index < -0.39 is 18.0 Å². The van der Waals surface area contributed by atoms with Crippen molar-refractivity contribution < 1.29 is 19.1 Å². The molecular formula is C21H21ClN2O4. The van der Waals surface area contributed by atoms with Crippen molar-refractivity contribution in [2.24, 2.45) is 0 Å². The number of rotatable bonds is 5. The predicted molar refractivity (Wildman–Crippen MR) is 108 cm³/mol. The van der Waals surface area contributed by atoms with Gasteiger partial charge < -0.3 is 15.0 Å². The Kier molecular flexibility index (Phi) is 5.99. The SMILES string of the molecule is Cc1ccc(Cl)cc1NC(=O)[C@H](C)OC(=O)c1cccc(N2CCCC2=O)c1. The fourth-order valence-corrected chi connectivity index (χ4v) is 3.14. The van der Waals surface area contributed by atoms with Crippen molar-refractivity contribution in [2.75, 3.05) is 16.8 Å². The van der Waals surface area contributed by atoms with E-state index >= 15 is 0 Å². The van der Waals surface area contributed by atoms with Crippen LogP contribution in [0.2, 0.25) is 5.02 Å². The van der Waals surface area contributed by atoms with Gasteiger partial charge in [0.15, 0.2) is 6.10 Å². The summed E-state index contributed by atoms with van der Waals surface area (Å²) in [6, 6.07) is 11.8. The molecule has 1 N–H and O–H groups in total. The van der Waals surface area contributed by atoms with Crippen LogP contribution >= 0.6 is 11.6 Å². The molecular weight excluding hydrogens is 380 g/mol. The van der Waals surface area contributed by atoms with Gasteiger partial charge in [-0.05, 0) is 56.2 Å². The first-order valence-electron chi connectivity index (χ1n) is 9.03. The van der Waals surface area contributed by atoms with Crippen molar-refractivity contribution in [1.82, 2.24) is 0 Å². The van der Waals surface area contributed by atoms with Crippen LogP contribution in [0.3, 0.4) is 0 Å². The van der Waals surface area contributed by atoms with E-state index in [0.29, 0.717) is 29.4 Å². The number of anilines is 2. The molecule has 0 bridgehead atoms. The number of nitrogens with one attached hydrogen (secondary N) is 1. The third-order valence-electron chi connectivity index (χ3n) is 4.58. The first-order chi connectivity index (χ1) is 13.3. The maximum absolute atomic E-state index is 12.5. The molecule has 146 valence electrons. The van der Waals surface area contributed by atoms with Crippen LogP contribution < -0.4 is 10.2 Å². The second-order valence-corrected chi connectivity index (χ2v) is 7.13. The lowest BCUT2D eigenvalue weighted by Crippen LogP contribution is -2.30. The van der Waals surface area contributed by atoms with E-state index in [-0.39, 0.29) is 11.5 Å². The summed E-state index contributed by atoms with van der Waals surface area (Å²) in [5.74, 6) is -1.04. The number of nitrogens with zero attached hydrogens (tertiary/aromatic N) is 1. The fraction of sp³-hybridized carbons (Fsp3) is 0.286.